The molecular formula is C15H20N2O4S. The number of ether oxygens (including phenoxy) is 1. The van der Waals surface area contributed by atoms with Crippen LogP contribution in [-0.2, 0) is 11.0 Å². The fraction of sp³-hybridized carbons (Fsp3) is 0.467. The average Bonchev–Trinajstić information content (AvgIpc) is 2.35. The number of nitrogens with one attached hydrogen (secondary N) is 1. The van der Waals surface area contributed by atoms with Crippen molar-refractivity contribution in [3.63, 3.8) is 0 Å². The van der Waals surface area contributed by atoms with E-state index in [4.69, 9.17) is 4.74 Å². The van der Waals surface area contributed by atoms with Gasteiger partial charge in [-0.2, -0.15) is 0 Å². The van der Waals surface area contributed by atoms with E-state index in [-0.39, 0.29) is 5.69 Å². The molecule has 6 nitrogen and oxygen atoms in total. The standard InChI is InChI=1S/C15H20N2O4S/c1-14(2,3)22(20)16-12-9-15(4,5)21-13-7-6-10(17(18)19)8-11(12)13/h6-9,16H,1-5H3. The van der Waals surface area contributed by atoms with Gasteiger partial charge in [0.05, 0.1) is 15.4 Å². The first kappa shape index (κ1) is 16.5. The van der Waals surface area contributed by atoms with Gasteiger partial charge >= 0.3 is 0 Å². The summed E-state index contributed by atoms with van der Waals surface area (Å²) in [5.74, 6) is 0.534. The summed E-state index contributed by atoms with van der Waals surface area (Å²) < 4.78 is 20.7. The summed E-state index contributed by atoms with van der Waals surface area (Å²) in [5, 5.41) is 11.0. The third kappa shape index (κ3) is 3.47. The van der Waals surface area contributed by atoms with Crippen LogP contribution in [0.3, 0.4) is 0 Å². The van der Waals surface area contributed by atoms with Gasteiger partial charge in [0.25, 0.3) is 5.69 Å². The van der Waals surface area contributed by atoms with Crippen LogP contribution in [0.4, 0.5) is 5.69 Å². The van der Waals surface area contributed by atoms with Gasteiger partial charge in [-0.05, 0) is 46.8 Å². The van der Waals surface area contributed by atoms with E-state index in [9.17, 15) is 14.3 Å². The van der Waals surface area contributed by atoms with Gasteiger partial charge in [0, 0.05) is 17.7 Å². The molecule has 0 amide bonds. The molecule has 1 aromatic carbocycles. The fourth-order valence-electron chi connectivity index (χ4n) is 2.01. The Labute approximate surface area is 132 Å². The van der Waals surface area contributed by atoms with Crippen LogP contribution in [0.2, 0.25) is 0 Å². The lowest BCUT2D eigenvalue weighted by atomic mass is 9.99. The van der Waals surface area contributed by atoms with Crippen LogP contribution < -0.4 is 9.46 Å². The minimum atomic E-state index is -1.34. The number of nitro groups is 1. The van der Waals surface area contributed by atoms with Gasteiger partial charge in [0.15, 0.2) is 0 Å². The number of non-ortho nitro benzene ring substituents is 1. The summed E-state index contributed by atoms with van der Waals surface area (Å²) in [7, 11) is -1.34. The number of hydrogen-bond acceptors (Lipinski definition) is 4. The quantitative estimate of drug-likeness (QED) is 0.684. The molecule has 2 rings (SSSR count). The predicted octanol–water partition coefficient (Wildman–Crippen LogP) is 3.16. The average molecular weight is 324 g/mol. The van der Waals surface area contributed by atoms with E-state index < -0.39 is 26.3 Å². The van der Waals surface area contributed by atoms with Gasteiger partial charge in [-0.15, -0.1) is 0 Å². The first-order valence-corrected chi connectivity index (χ1v) is 8.04. The van der Waals surface area contributed by atoms with Gasteiger partial charge in [-0.1, -0.05) is 0 Å². The van der Waals surface area contributed by atoms with E-state index in [2.05, 4.69) is 4.72 Å². The van der Waals surface area contributed by atoms with Crippen LogP contribution in [0.5, 0.6) is 5.75 Å². The van der Waals surface area contributed by atoms with Crippen molar-refractivity contribution in [1.82, 2.24) is 4.72 Å². The Morgan fingerprint density at radius 1 is 1.32 bits per heavy atom. The van der Waals surface area contributed by atoms with Crippen molar-refractivity contribution in [2.24, 2.45) is 0 Å². The summed E-state index contributed by atoms with van der Waals surface area (Å²) in [6.45, 7) is 9.32. The van der Waals surface area contributed by atoms with Crippen molar-refractivity contribution >= 4 is 22.4 Å². The van der Waals surface area contributed by atoms with Crippen molar-refractivity contribution in [3.05, 3.63) is 40.0 Å². The lowest BCUT2D eigenvalue weighted by molar-refractivity contribution is -0.384. The van der Waals surface area contributed by atoms with Crippen LogP contribution in [0.15, 0.2) is 24.3 Å². The highest BCUT2D eigenvalue weighted by molar-refractivity contribution is 7.84. The predicted molar refractivity (Wildman–Crippen MR) is 86.8 cm³/mol. The molecule has 0 saturated carbocycles. The molecule has 0 aliphatic carbocycles. The maximum absolute atomic E-state index is 12.4. The van der Waals surface area contributed by atoms with E-state index in [1.165, 1.54) is 12.1 Å². The van der Waals surface area contributed by atoms with E-state index in [0.717, 1.165) is 0 Å². The number of nitrogens with zero attached hydrogens (tertiary/aromatic N) is 1. The van der Waals surface area contributed by atoms with E-state index in [1.807, 2.05) is 34.6 Å². The highest BCUT2D eigenvalue weighted by Gasteiger charge is 2.30. The molecule has 7 heteroatoms. The second kappa shape index (κ2) is 5.39. The summed E-state index contributed by atoms with van der Waals surface area (Å²) in [6.07, 6.45) is 1.79. The van der Waals surface area contributed by atoms with Crippen molar-refractivity contribution in [1.29, 1.82) is 0 Å². The molecule has 1 aliphatic rings. The highest BCUT2D eigenvalue weighted by Crippen LogP contribution is 2.37. The molecule has 0 spiro atoms. The minimum Gasteiger partial charge on any atom is -0.483 e. The van der Waals surface area contributed by atoms with E-state index >= 15 is 0 Å². The van der Waals surface area contributed by atoms with Gasteiger partial charge in [0.2, 0.25) is 0 Å². The molecule has 1 heterocycles. The molecule has 1 N–H and O–H groups in total. The highest BCUT2D eigenvalue weighted by atomic mass is 32.2. The van der Waals surface area contributed by atoms with Gasteiger partial charge in [-0.3, -0.25) is 10.1 Å². The van der Waals surface area contributed by atoms with Crippen LogP contribution in [0.25, 0.3) is 5.70 Å². The first-order valence-electron chi connectivity index (χ1n) is 6.89. The largest absolute Gasteiger partial charge is 0.483 e. The molecular weight excluding hydrogens is 304 g/mol. The van der Waals surface area contributed by atoms with E-state index in [1.54, 1.807) is 12.1 Å². The third-order valence-corrected chi connectivity index (χ3v) is 4.61. The second-order valence-corrected chi connectivity index (χ2v) is 8.65. The maximum Gasteiger partial charge on any atom is 0.270 e. The van der Waals surface area contributed by atoms with Crippen LogP contribution in [-0.4, -0.2) is 19.5 Å². The molecule has 120 valence electrons. The minimum absolute atomic E-state index is 0.0312. The van der Waals surface area contributed by atoms with Crippen molar-refractivity contribution in [2.75, 3.05) is 0 Å². The monoisotopic (exact) mass is 324 g/mol. The van der Waals surface area contributed by atoms with Crippen LogP contribution >= 0.6 is 0 Å². The molecule has 1 atom stereocenters. The zero-order chi connectivity index (χ0) is 16.7. The molecule has 0 saturated heterocycles. The third-order valence-electron chi connectivity index (χ3n) is 3.09. The zero-order valence-corrected chi connectivity index (χ0v) is 14.1. The van der Waals surface area contributed by atoms with Crippen molar-refractivity contribution in [3.8, 4) is 5.75 Å². The summed E-state index contributed by atoms with van der Waals surface area (Å²) in [6, 6.07) is 4.41. The molecule has 0 aromatic heterocycles. The molecule has 1 aromatic rings. The topological polar surface area (TPSA) is 81.5 Å². The Morgan fingerprint density at radius 2 is 1.95 bits per heavy atom. The zero-order valence-electron chi connectivity index (χ0n) is 13.3. The Kier molecular flexibility index (Phi) is 4.04. The van der Waals surface area contributed by atoms with Gasteiger partial charge in [0.1, 0.15) is 22.3 Å². The lowest BCUT2D eigenvalue weighted by Gasteiger charge is -2.32. The number of nitro benzene ring substituents is 1. The molecule has 22 heavy (non-hydrogen) atoms. The van der Waals surface area contributed by atoms with Crippen molar-refractivity contribution < 1.29 is 13.9 Å². The Morgan fingerprint density at radius 3 is 2.50 bits per heavy atom. The molecule has 0 radical (unpaired) electrons. The van der Waals surface area contributed by atoms with Crippen LogP contribution in [0.1, 0.15) is 40.2 Å². The lowest BCUT2D eigenvalue weighted by Crippen LogP contribution is -2.36. The summed E-state index contributed by atoms with van der Waals surface area (Å²) in [4.78, 5) is 10.5. The normalized spacial score (nSPS) is 17.8. The Balaban J connectivity index is 2.48. The smallest absolute Gasteiger partial charge is 0.270 e. The fourth-order valence-corrected chi connectivity index (χ4v) is 2.68. The van der Waals surface area contributed by atoms with Crippen molar-refractivity contribution in [2.45, 2.75) is 45.0 Å². The molecule has 0 bridgehead atoms. The summed E-state index contributed by atoms with van der Waals surface area (Å²) in [5.41, 5.74) is 0.513. The maximum atomic E-state index is 12.4. The van der Waals surface area contributed by atoms with Gasteiger partial charge in [-0.25, -0.2) is 4.21 Å². The number of rotatable bonds is 3. The molecule has 1 aliphatic heterocycles. The first-order chi connectivity index (χ1) is 9.99. The Bertz CT molecular complexity index is 675. The number of hydrogen-bond donors (Lipinski definition) is 1. The summed E-state index contributed by atoms with van der Waals surface area (Å²) >= 11 is 0. The number of fused-ring (bicyclic) bond motifs is 1. The Hall–Kier alpha value is -1.89. The number of benzene rings is 1. The second-order valence-electron chi connectivity index (χ2n) is 6.68. The molecule has 0 fully saturated rings. The van der Waals surface area contributed by atoms with Crippen LogP contribution in [0, 0.1) is 10.1 Å². The SMILES string of the molecule is CC1(C)C=C(NS(=O)C(C)(C)C)c2cc([N+](=O)[O-])ccc2O1. The molecule has 1 unspecified atom stereocenters. The van der Waals surface area contributed by atoms with E-state index in [0.29, 0.717) is 17.0 Å². The van der Waals surface area contributed by atoms with Gasteiger partial charge < -0.3 is 9.46 Å².